The third-order valence-corrected chi connectivity index (χ3v) is 5.17. The van der Waals surface area contributed by atoms with Crippen LogP contribution in [0.2, 0.25) is 0 Å². The lowest BCUT2D eigenvalue weighted by atomic mass is 10.2. The fraction of sp³-hybridized carbons (Fsp3) is 0.300. The molecule has 0 fully saturated rings. The third kappa shape index (κ3) is 9.01. The molecule has 0 saturated carbocycles. The van der Waals surface area contributed by atoms with Crippen LogP contribution >= 0.6 is 0 Å². The lowest BCUT2D eigenvalue weighted by Gasteiger charge is -2.07. The smallest absolute Gasteiger partial charge is 0.243 e. The molecule has 2 rings (SSSR count). The van der Waals surface area contributed by atoms with Gasteiger partial charge in [0, 0.05) is 30.7 Å². The van der Waals surface area contributed by atoms with E-state index in [4.69, 9.17) is 0 Å². The number of rotatable bonds is 11. The van der Waals surface area contributed by atoms with E-state index >= 15 is 0 Å². The Labute approximate surface area is 160 Å². The van der Waals surface area contributed by atoms with Gasteiger partial charge in [-0.15, -0.1) is 0 Å². The Bertz CT molecular complexity index is 822. The summed E-state index contributed by atoms with van der Waals surface area (Å²) < 4.78 is 26.5. The number of benzene rings is 1. The van der Waals surface area contributed by atoms with E-state index in [1.807, 2.05) is 18.2 Å². The van der Waals surface area contributed by atoms with E-state index in [0.717, 1.165) is 24.8 Å². The van der Waals surface area contributed by atoms with Crippen molar-refractivity contribution in [1.82, 2.24) is 10.3 Å². The Hall–Kier alpha value is -2.67. The van der Waals surface area contributed by atoms with Crippen LogP contribution in [0.15, 0.2) is 60.9 Å². The molecule has 2 aromatic rings. The number of nitrogens with zero attached hydrogens (tertiary/aromatic N) is 1. The molecule has 1 heterocycles. The van der Waals surface area contributed by atoms with Gasteiger partial charge in [-0.05, 0) is 42.7 Å². The van der Waals surface area contributed by atoms with E-state index < -0.39 is 10.0 Å². The van der Waals surface area contributed by atoms with Crippen LogP contribution in [0.25, 0.3) is 6.08 Å². The molecule has 0 atom stereocenters. The van der Waals surface area contributed by atoms with E-state index in [1.165, 1.54) is 6.08 Å². The van der Waals surface area contributed by atoms with Gasteiger partial charge in [-0.1, -0.05) is 37.1 Å². The number of pyridine rings is 1. The molecule has 1 aromatic carbocycles. The van der Waals surface area contributed by atoms with E-state index in [2.05, 4.69) is 15.0 Å². The number of carbonyl (C=O) groups is 1. The van der Waals surface area contributed by atoms with Crippen LogP contribution in [0.1, 0.15) is 31.2 Å². The van der Waals surface area contributed by atoms with Crippen molar-refractivity contribution in [2.45, 2.75) is 25.7 Å². The van der Waals surface area contributed by atoms with Gasteiger partial charge in [0.2, 0.25) is 15.9 Å². The number of para-hydroxylation sites is 1. The molecule has 1 aromatic heterocycles. The summed E-state index contributed by atoms with van der Waals surface area (Å²) in [7, 11) is -3.31. The summed E-state index contributed by atoms with van der Waals surface area (Å²) in [6.45, 7) is 0.575. The maximum Gasteiger partial charge on any atom is 0.243 e. The average Bonchev–Trinajstić information content (AvgIpc) is 2.67. The highest BCUT2D eigenvalue weighted by atomic mass is 32.2. The van der Waals surface area contributed by atoms with Crippen molar-refractivity contribution in [3.63, 3.8) is 0 Å². The van der Waals surface area contributed by atoms with Crippen molar-refractivity contribution < 1.29 is 13.2 Å². The molecule has 0 bridgehead atoms. The number of amides is 1. The second-order valence-electron chi connectivity index (χ2n) is 6.11. The van der Waals surface area contributed by atoms with Crippen LogP contribution in [0.5, 0.6) is 0 Å². The molecular weight excluding hydrogens is 362 g/mol. The number of anilines is 1. The van der Waals surface area contributed by atoms with Crippen molar-refractivity contribution in [2.24, 2.45) is 0 Å². The fourth-order valence-electron chi connectivity index (χ4n) is 2.42. The van der Waals surface area contributed by atoms with Crippen molar-refractivity contribution in [2.75, 3.05) is 17.0 Å². The second-order valence-corrected chi connectivity index (χ2v) is 7.95. The van der Waals surface area contributed by atoms with Gasteiger partial charge in [0.25, 0.3) is 0 Å². The van der Waals surface area contributed by atoms with Crippen molar-refractivity contribution in [3.05, 3.63) is 66.5 Å². The first kappa shape index (κ1) is 20.6. The molecule has 144 valence electrons. The molecule has 2 N–H and O–H groups in total. The number of hydrogen-bond donors (Lipinski definition) is 2. The lowest BCUT2D eigenvalue weighted by Crippen LogP contribution is -2.22. The number of nitrogens with one attached hydrogen (secondary N) is 2. The van der Waals surface area contributed by atoms with Crippen LogP contribution in [0.4, 0.5) is 5.69 Å². The Balaban J connectivity index is 1.54. The molecule has 1 amide bonds. The summed E-state index contributed by atoms with van der Waals surface area (Å²) in [4.78, 5) is 15.7. The first-order chi connectivity index (χ1) is 13.1. The summed E-state index contributed by atoms with van der Waals surface area (Å²) in [5.41, 5.74) is 1.46. The molecule has 7 heteroatoms. The number of hydrogen-bond acceptors (Lipinski definition) is 4. The first-order valence-electron chi connectivity index (χ1n) is 8.97. The van der Waals surface area contributed by atoms with Gasteiger partial charge in [-0.3, -0.25) is 14.5 Å². The van der Waals surface area contributed by atoms with Crippen LogP contribution in [-0.2, 0) is 14.8 Å². The number of unbranched alkanes of at least 4 members (excludes halogenated alkanes) is 3. The number of sulfonamides is 1. The summed E-state index contributed by atoms with van der Waals surface area (Å²) in [6.07, 6.45) is 9.65. The minimum atomic E-state index is -3.31. The predicted molar refractivity (Wildman–Crippen MR) is 109 cm³/mol. The highest BCUT2D eigenvalue weighted by Crippen LogP contribution is 2.10. The molecule has 0 saturated heterocycles. The molecule has 27 heavy (non-hydrogen) atoms. The summed E-state index contributed by atoms with van der Waals surface area (Å²) in [6, 6.07) is 12.6. The van der Waals surface area contributed by atoms with Crippen LogP contribution in [-0.4, -0.2) is 31.6 Å². The summed E-state index contributed by atoms with van der Waals surface area (Å²) >= 11 is 0. The van der Waals surface area contributed by atoms with Crippen LogP contribution in [0, 0.1) is 0 Å². The maximum absolute atomic E-state index is 12.0. The monoisotopic (exact) mass is 387 g/mol. The minimum absolute atomic E-state index is 0.0993. The first-order valence-corrected chi connectivity index (χ1v) is 10.6. The summed E-state index contributed by atoms with van der Waals surface area (Å²) in [5, 5.41) is 2.82. The van der Waals surface area contributed by atoms with Gasteiger partial charge < -0.3 is 5.32 Å². The van der Waals surface area contributed by atoms with Gasteiger partial charge >= 0.3 is 0 Å². The topological polar surface area (TPSA) is 88.2 Å². The number of aromatic nitrogens is 1. The summed E-state index contributed by atoms with van der Waals surface area (Å²) in [5.74, 6) is -0.0456. The largest absolute Gasteiger partial charge is 0.353 e. The van der Waals surface area contributed by atoms with Crippen molar-refractivity contribution >= 4 is 27.7 Å². The minimum Gasteiger partial charge on any atom is -0.353 e. The van der Waals surface area contributed by atoms with Crippen molar-refractivity contribution in [1.29, 1.82) is 0 Å². The molecular formula is C20H25N3O3S. The SMILES string of the molecule is O=C(/C=C/c1cccnc1)NCCCCCCS(=O)(=O)Nc1ccccc1. The normalized spacial score (nSPS) is 11.4. The Morgan fingerprint density at radius 1 is 1.00 bits per heavy atom. The van der Waals surface area contributed by atoms with Gasteiger partial charge in [0.1, 0.15) is 0 Å². The molecule has 0 radical (unpaired) electrons. The Kier molecular flexibility index (Phi) is 8.51. The van der Waals surface area contributed by atoms with E-state index in [0.29, 0.717) is 18.7 Å². The fourth-order valence-corrected chi connectivity index (χ4v) is 3.61. The standard InChI is InChI=1S/C20H25N3O3S/c24-20(13-12-18-9-8-14-21-17-18)22-15-6-1-2-7-16-27(25,26)23-19-10-4-3-5-11-19/h3-5,8-14,17,23H,1-2,6-7,15-16H2,(H,22,24)/b13-12+. The zero-order chi connectivity index (χ0) is 19.4. The quantitative estimate of drug-likeness (QED) is 0.458. The van der Waals surface area contributed by atoms with E-state index in [9.17, 15) is 13.2 Å². The highest BCUT2D eigenvalue weighted by Gasteiger charge is 2.09. The predicted octanol–water partition coefficient (Wildman–Crippen LogP) is 3.21. The van der Waals surface area contributed by atoms with Crippen LogP contribution in [0.3, 0.4) is 0 Å². The Morgan fingerprint density at radius 3 is 2.52 bits per heavy atom. The number of carbonyl (C=O) groups excluding carboxylic acids is 1. The zero-order valence-corrected chi connectivity index (χ0v) is 16.0. The molecule has 0 spiro atoms. The van der Waals surface area contributed by atoms with Crippen molar-refractivity contribution in [3.8, 4) is 0 Å². The molecule has 0 aliphatic heterocycles. The lowest BCUT2D eigenvalue weighted by molar-refractivity contribution is -0.116. The van der Waals surface area contributed by atoms with Gasteiger partial charge in [-0.25, -0.2) is 8.42 Å². The third-order valence-electron chi connectivity index (χ3n) is 3.80. The average molecular weight is 388 g/mol. The van der Waals surface area contributed by atoms with Gasteiger partial charge in [-0.2, -0.15) is 0 Å². The molecule has 0 unspecified atom stereocenters. The maximum atomic E-state index is 12.0. The Morgan fingerprint density at radius 2 is 1.78 bits per heavy atom. The van der Waals surface area contributed by atoms with E-state index in [-0.39, 0.29) is 11.7 Å². The highest BCUT2D eigenvalue weighted by molar-refractivity contribution is 7.92. The molecule has 0 aliphatic rings. The van der Waals surface area contributed by atoms with E-state index in [1.54, 1.807) is 42.7 Å². The van der Waals surface area contributed by atoms with Crippen LogP contribution < -0.4 is 10.0 Å². The second kappa shape index (κ2) is 11.1. The van der Waals surface area contributed by atoms with Gasteiger partial charge in [0.15, 0.2) is 0 Å². The molecule has 0 aliphatic carbocycles. The zero-order valence-electron chi connectivity index (χ0n) is 15.2. The van der Waals surface area contributed by atoms with Gasteiger partial charge in [0.05, 0.1) is 5.75 Å². The molecule has 6 nitrogen and oxygen atoms in total.